The summed E-state index contributed by atoms with van der Waals surface area (Å²) in [7, 11) is 0. The monoisotopic (exact) mass is 474 g/mol. The molecule has 182 valence electrons. The van der Waals surface area contributed by atoms with Crippen molar-refractivity contribution in [2.45, 2.75) is 50.1 Å². The molecule has 7 nitrogen and oxygen atoms in total. The van der Waals surface area contributed by atoms with Gasteiger partial charge in [-0.3, -0.25) is 9.59 Å². The summed E-state index contributed by atoms with van der Waals surface area (Å²) in [6.45, 7) is 0.838. The van der Waals surface area contributed by atoms with E-state index >= 15 is 0 Å². The molecule has 0 saturated carbocycles. The van der Waals surface area contributed by atoms with Crippen LogP contribution in [0, 0.1) is 5.92 Å². The van der Waals surface area contributed by atoms with Crippen molar-refractivity contribution in [1.82, 2.24) is 10.2 Å². The van der Waals surface area contributed by atoms with E-state index in [-0.39, 0.29) is 42.9 Å². The van der Waals surface area contributed by atoms with Crippen molar-refractivity contribution in [3.63, 3.8) is 0 Å². The van der Waals surface area contributed by atoms with Crippen LogP contribution >= 0.6 is 0 Å². The van der Waals surface area contributed by atoms with Crippen molar-refractivity contribution in [3.8, 4) is 11.1 Å². The number of carboxylic acid groups (broad SMARTS) is 1. The highest BCUT2D eigenvalue weighted by Gasteiger charge is 2.36. The van der Waals surface area contributed by atoms with Crippen molar-refractivity contribution in [2.75, 3.05) is 13.2 Å². The fourth-order valence-corrected chi connectivity index (χ4v) is 5.76. The molecule has 2 amide bonds. The number of carbonyl (C=O) groups excluding carboxylic acids is 2. The molecule has 3 aliphatic rings. The Balaban J connectivity index is 1.18. The average Bonchev–Trinajstić information content (AvgIpc) is 3.44. The minimum atomic E-state index is -0.881. The molecule has 1 saturated heterocycles. The molecular weight excluding hydrogens is 444 g/mol. The standard InChI is InChI=1S/C28H30N2O5/c31-26(32)16-20-9-6-14-30(20)27(33)18-7-5-8-19(15-18)29-28(34)35-17-25-23-12-3-1-10-21(23)22-11-2-4-13-24(22)25/h1-5,8,10-13,18-20,25H,6-7,9,14-17H2,(H,29,34)(H,31,32)/t18-,19-,20?/m1/s1. The maximum atomic E-state index is 13.1. The molecule has 1 fully saturated rings. The van der Waals surface area contributed by atoms with Crippen LogP contribution in [0.5, 0.6) is 0 Å². The minimum absolute atomic E-state index is 0.00860. The summed E-state index contributed by atoms with van der Waals surface area (Å²) in [6, 6.07) is 15.9. The number of aliphatic carboxylic acids is 1. The first-order valence-electron chi connectivity index (χ1n) is 12.3. The third-order valence-corrected chi connectivity index (χ3v) is 7.39. The van der Waals surface area contributed by atoms with Gasteiger partial charge < -0.3 is 20.1 Å². The number of nitrogens with one attached hydrogen (secondary N) is 1. The number of ether oxygens (including phenoxy) is 1. The van der Waals surface area contributed by atoms with Gasteiger partial charge in [-0.1, -0.05) is 60.7 Å². The molecule has 1 aliphatic heterocycles. The van der Waals surface area contributed by atoms with E-state index < -0.39 is 12.1 Å². The third kappa shape index (κ3) is 4.81. The maximum Gasteiger partial charge on any atom is 0.407 e. The summed E-state index contributed by atoms with van der Waals surface area (Å²) in [5, 5.41) is 12.0. The van der Waals surface area contributed by atoms with Crippen LogP contribution in [0.2, 0.25) is 0 Å². The topological polar surface area (TPSA) is 95.9 Å². The highest BCUT2D eigenvalue weighted by molar-refractivity contribution is 5.81. The Bertz CT molecular complexity index is 1110. The van der Waals surface area contributed by atoms with Crippen molar-refractivity contribution in [3.05, 3.63) is 71.8 Å². The molecule has 0 spiro atoms. The van der Waals surface area contributed by atoms with E-state index in [9.17, 15) is 14.4 Å². The van der Waals surface area contributed by atoms with Crippen molar-refractivity contribution < 1.29 is 24.2 Å². The van der Waals surface area contributed by atoms with Gasteiger partial charge in [-0.2, -0.15) is 0 Å². The number of hydrogen-bond donors (Lipinski definition) is 2. The zero-order valence-corrected chi connectivity index (χ0v) is 19.6. The van der Waals surface area contributed by atoms with Gasteiger partial charge in [0.25, 0.3) is 0 Å². The first-order chi connectivity index (χ1) is 17.0. The van der Waals surface area contributed by atoms with E-state index in [0.717, 1.165) is 24.0 Å². The lowest BCUT2D eigenvalue weighted by Gasteiger charge is -2.31. The van der Waals surface area contributed by atoms with E-state index in [1.54, 1.807) is 4.90 Å². The second kappa shape index (κ2) is 9.94. The smallest absolute Gasteiger partial charge is 0.407 e. The highest BCUT2D eigenvalue weighted by Crippen LogP contribution is 2.44. The number of benzene rings is 2. The summed E-state index contributed by atoms with van der Waals surface area (Å²) >= 11 is 0. The predicted octanol–water partition coefficient (Wildman–Crippen LogP) is 4.33. The number of hydrogen-bond acceptors (Lipinski definition) is 4. The van der Waals surface area contributed by atoms with Crippen LogP contribution in [-0.4, -0.2) is 53.2 Å². The SMILES string of the molecule is O=C(O)CC1CCCN1C(=O)[C@@H]1CC=C[C@@H](NC(=O)OCC2c3ccccc3-c3ccccc32)C1. The Kier molecular flexibility index (Phi) is 6.57. The quantitative estimate of drug-likeness (QED) is 0.608. The van der Waals surface area contributed by atoms with Gasteiger partial charge in [0.1, 0.15) is 6.61 Å². The van der Waals surface area contributed by atoms with Crippen LogP contribution in [0.25, 0.3) is 11.1 Å². The molecule has 7 heteroatoms. The van der Waals surface area contributed by atoms with Crippen LogP contribution in [0.3, 0.4) is 0 Å². The number of nitrogens with zero attached hydrogens (tertiary/aromatic N) is 1. The number of rotatable bonds is 6. The molecule has 1 unspecified atom stereocenters. The molecule has 0 aromatic heterocycles. The van der Waals surface area contributed by atoms with Crippen LogP contribution in [0.1, 0.15) is 49.1 Å². The van der Waals surface area contributed by atoms with Crippen LogP contribution < -0.4 is 5.32 Å². The molecule has 5 rings (SSSR count). The van der Waals surface area contributed by atoms with Crippen LogP contribution in [0.4, 0.5) is 4.79 Å². The maximum absolute atomic E-state index is 13.1. The molecule has 2 aromatic carbocycles. The van der Waals surface area contributed by atoms with Gasteiger partial charge in [0.15, 0.2) is 0 Å². The summed E-state index contributed by atoms with van der Waals surface area (Å²) in [4.78, 5) is 38.7. The summed E-state index contributed by atoms with van der Waals surface area (Å²) in [6.07, 6.45) is 5.94. The third-order valence-electron chi connectivity index (χ3n) is 7.39. The normalized spacial score (nSPS) is 23.0. The van der Waals surface area contributed by atoms with Gasteiger partial charge in [-0.05, 0) is 47.9 Å². The first kappa shape index (κ1) is 23.1. The van der Waals surface area contributed by atoms with Crippen molar-refractivity contribution in [2.24, 2.45) is 5.92 Å². The molecule has 0 bridgehead atoms. The van der Waals surface area contributed by atoms with E-state index in [0.29, 0.717) is 19.4 Å². The van der Waals surface area contributed by atoms with Gasteiger partial charge in [-0.25, -0.2) is 4.79 Å². The Morgan fingerprint density at radius 1 is 1.03 bits per heavy atom. The zero-order valence-electron chi connectivity index (χ0n) is 19.6. The van der Waals surface area contributed by atoms with E-state index in [2.05, 4.69) is 29.6 Å². The average molecular weight is 475 g/mol. The number of carbonyl (C=O) groups is 3. The fourth-order valence-electron chi connectivity index (χ4n) is 5.76. The Morgan fingerprint density at radius 2 is 1.71 bits per heavy atom. The zero-order chi connectivity index (χ0) is 24.4. The van der Waals surface area contributed by atoms with Gasteiger partial charge in [-0.15, -0.1) is 0 Å². The first-order valence-corrected chi connectivity index (χ1v) is 12.3. The molecular formula is C28H30N2O5. The van der Waals surface area contributed by atoms with Crippen LogP contribution in [-0.2, 0) is 14.3 Å². The Labute approximate surface area is 204 Å². The Morgan fingerprint density at radius 3 is 2.40 bits per heavy atom. The fraction of sp³-hybridized carbons (Fsp3) is 0.393. The van der Waals surface area contributed by atoms with Gasteiger partial charge in [0, 0.05) is 24.4 Å². The van der Waals surface area contributed by atoms with Crippen molar-refractivity contribution in [1.29, 1.82) is 0 Å². The largest absolute Gasteiger partial charge is 0.481 e. The van der Waals surface area contributed by atoms with Gasteiger partial charge in [0.2, 0.25) is 5.91 Å². The molecule has 35 heavy (non-hydrogen) atoms. The van der Waals surface area contributed by atoms with Crippen LogP contribution in [0.15, 0.2) is 60.7 Å². The van der Waals surface area contributed by atoms with E-state index in [4.69, 9.17) is 9.84 Å². The lowest BCUT2D eigenvalue weighted by atomic mass is 9.89. The second-order valence-electron chi connectivity index (χ2n) is 9.60. The number of likely N-dealkylation sites (tertiary alicyclic amines) is 1. The molecule has 0 radical (unpaired) electrons. The minimum Gasteiger partial charge on any atom is -0.481 e. The number of alkyl carbamates (subject to hydrolysis) is 1. The lowest BCUT2D eigenvalue weighted by molar-refractivity contribution is -0.141. The molecule has 2 aromatic rings. The summed E-state index contributed by atoms with van der Waals surface area (Å²) in [5.41, 5.74) is 4.67. The molecule has 3 atom stereocenters. The Hall–Kier alpha value is -3.61. The van der Waals surface area contributed by atoms with E-state index in [1.807, 2.05) is 36.4 Å². The number of carboxylic acids is 1. The second-order valence-corrected chi connectivity index (χ2v) is 9.60. The van der Waals surface area contributed by atoms with Crippen molar-refractivity contribution >= 4 is 18.0 Å². The predicted molar refractivity (Wildman–Crippen MR) is 131 cm³/mol. The van der Waals surface area contributed by atoms with Gasteiger partial charge >= 0.3 is 12.1 Å². The van der Waals surface area contributed by atoms with Gasteiger partial charge in [0.05, 0.1) is 12.5 Å². The summed E-state index contributed by atoms with van der Waals surface area (Å²) in [5.74, 6) is -1.18. The lowest BCUT2D eigenvalue weighted by Crippen LogP contribution is -2.44. The highest BCUT2D eigenvalue weighted by atomic mass is 16.5. The van der Waals surface area contributed by atoms with E-state index in [1.165, 1.54) is 11.1 Å². The number of allylic oxidation sites excluding steroid dienone is 1. The number of amides is 2. The number of fused-ring (bicyclic) bond motifs is 3. The molecule has 2 N–H and O–H groups in total. The molecule has 1 heterocycles. The molecule has 2 aliphatic carbocycles. The summed E-state index contributed by atoms with van der Waals surface area (Å²) < 4.78 is 5.65.